The van der Waals surface area contributed by atoms with E-state index in [4.69, 9.17) is 5.73 Å². The van der Waals surface area contributed by atoms with Crippen LogP contribution in [0.3, 0.4) is 0 Å². The monoisotopic (exact) mass is 405 g/mol. The van der Waals surface area contributed by atoms with Crippen LogP contribution in [0.1, 0.15) is 50.5 Å². The van der Waals surface area contributed by atoms with Gasteiger partial charge in [-0.2, -0.15) is 10.1 Å². The molecule has 0 spiro atoms. The van der Waals surface area contributed by atoms with Gasteiger partial charge < -0.3 is 11.2 Å². The van der Waals surface area contributed by atoms with Gasteiger partial charge in [0.05, 0.1) is 17.0 Å². The highest BCUT2D eigenvalue weighted by Gasteiger charge is 2.31. The Kier molecular flexibility index (Phi) is 5.64. The SMILES string of the molecule is CC1=NN(c2ccc(C(C)(C)C)cc2)C(=O)/C1=C(/C)NNC(=O)c1cccc(N)c1. The maximum atomic E-state index is 13.0. The van der Waals surface area contributed by atoms with Gasteiger partial charge in [0.15, 0.2) is 0 Å². The summed E-state index contributed by atoms with van der Waals surface area (Å²) in [6.07, 6.45) is 0. The van der Waals surface area contributed by atoms with Crippen molar-refractivity contribution in [2.24, 2.45) is 5.10 Å². The van der Waals surface area contributed by atoms with Crippen LogP contribution in [-0.2, 0) is 10.2 Å². The molecule has 0 radical (unpaired) electrons. The van der Waals surface area contributed by atoms with E-state index in [2.05, 4.69) is 36.7 Å². The number of amides is 2. The number of hydrazine groups is 1. The Morgan fingerprint density at radius 2 is 1.73 bits per heavy atom. The van der Waals surface area contributed by atoms with E-state index in [1.54, 1.807) is 38.1 Å². The smallest absolute Gasteiger partial charge is 0.282 e. The van der Waals surface area contributed by atoms with Crippen LogP contribution in [0.2, 0.25) is 0 Å². The molecule has 7 heteroatoms. The second-order valence-corrected chi connectivity index (χ2v) is 8.30. The average Bonchev–Trinajstić information content (AvgIpc) is 2.99. The number of carbonyl (C=O) groups excluding carboxylic acids is 2. The van der Waals surface area contributed by atoms with E-state index in [1.165, 1.54) is 10.6 Å². The van der Waals surface area contributed by atoms with Crippen molar-refractivity contribution in [3.8, 4) is 0 Å². The van der Waals surface area contributed by atoms with Gasteiger partial charge in [0.25, 0.3) is 11.8 Å². The Balaban J connectivity index is 1.75. The molecule has 3 rings (SSSR count). The predicted molar refractivity (Wildman–Crippen MR) is 120 cm³/mol. The second-order valence-electron chi connectivity index (χ2n) is 8.30. The van der Waals surface area contributed by atoms with Gasteiger partial charge in [0.1, 0.15) is 0 Å². The molecule has 1 heterocycles. The van der Waals surface area contributed by atoms with E-state index in [0.717, 1.165) is 0 Å². The maximum absolute atomic E-state index is 13.0. The molecule has 0 unspecified atom stereocenters. The van der Waals surface area contributed by atoms with Crippen molar-refractivity contribution in [1.82, 2.24) is 10.9 Å². The number of nitrogens with one attached hydrogen (secondary N) is 2. The number of rotatable bonds is 4. The summed E-state index contributed by atoms with van der Waals surface area (Å²) in [6, 6.07) is 14.4. The molecule has 7 nitrogen and oxygen atoms in total. The van der Waals surface area contributed by atoms with Crippen molar-refractivity contribution in [3.05, 3.63) is 70.9 Å². The fourth-order valence-electron chi connectivity index (χ4n) is 3.18. The first kappa shape index (κ1) is 21.1. The van der Waals surface area contributed by atoms with E-state index in [-0.39, 0.29) is 17.2 Å². The molecule has 1 aliphatic heterocycles. The number of hydrazone groups is 1. The van der Waals surface area contributed by atoms with Gasteiger partial charge in [0.2, 0.25) is 0 Å². The number of nitrogen functional groups attached to an aromatic ring is 1. The molecule has 0 aromatic heterocycles. The molecule has 0 fully saturated rings. The molecular weight excluding hydrogens is 378 g/mol. The third-order valence-electron chi connectivity index (χ3n) is 4.88. The largest absolute Gasteiger partial charge is 0.399 e. The molecule has 156 valence electrons. The van der Waals surface area contributed by atoms with Crippen LogP contribution in [0.4, 0.5) is 11.4 Å². The molecule has 2 aromatic carbocycles. The summed E-state index contributed by atoms with van der Waals surface area (Å²) in [4.78, 5) is 25.3. The molecule has 0 atom stereocenters. The number of anilines is 2. The number of hydrogen-bond acceptors (Lipinski definition) is 5. The topological polar surface area (TPSA) is 99.8 Å². The lowest BCUT2D eigenvalue weighted by Gasteiger charge is -2.20. The Labute approximate surface area is 176 Å². The zero-order valence-electron chi connectivity index (χ0n) is 17.9. The minimum absolute atomic E-state index is 0.0277. The van der Waals surface area contributed by atoms with E-state index >= 15 is 0 Å². The minimum Gasteiger partial charge on any atom is -0.399 e. The lowest BCUT2D eigenvalue weighted by molar-refractivity contribution is -0.114. The lowest BCUT2D eigenvalue weighted by Crippen LogP contribution is -2.37. The summed E-state index contributed by atoms with van der Waals surface area (Å²) in [5, 5.41) is 5.78. The third kappa shape index (κ3) is 4.35. The fraction of sp³-hybridized carbons (Fsp3) is 0.261. The standard InChI is InChI=1S/C23H27N5O2/c1-14(25-26-21(29)16-7-6-8-18(24)13-16)20-15(2)27-28(22(20)30)19-11-9-17(10-12-19)23(3,4)5/h6-13,25H,24H2,1-5H3,(H,26,29)/b20-14-. The Morgan fingerprint density at radius 1 is 1.07 bits per heavy atom. The molecular formula is C23H27N5O2. The molecule has 0 saturated carbocycles. The summed E-state index contributed by atoms with van der Waals surface area (Å²) < 4.78 is 0. The van der Waals surface area contributed by atoms with Gasteiger partial charge in [-0.1, -0.05) is 39.0 Å². The van der Waals surface area contributed by atoms with E-state index in [0.29, 0.717) is 33.9 Å². The van der Waals surface area contributed by atoms with E-state index < -0.39 is 0 Å². The van der Waals surface area contributed by atoms with Crippen molar-refractivity contribution in [1.29, 1.82) is 0 Å². The van der Waals surface area contributed by atoms with E-state index in [1.807, 2.05) is 24.3 Å². The molecule has 4 N–H and O–H groups in total. The lowest BCUT2D eigenvalue weighted by atomic mass is 9.87. The Bertz CT molecular complexity index is 1050. The number of allylic oxidation sites excluding steroid dienone is 1. The van der Waals surface area contributed by atoms with Crippen molar-refractivity contribution >= 4 is 28.9 Å². The summed E-state index contributed by atoms with van der Waals surface area (Å²) in [6.45, 7) is 9.90. The van der Waals surface area contributed by atoms with Crippen LogP contribution in [0.5, 0.6) is 0 Å². The minimum atomic E-state index is -0.350. The van der Waals surface area contributed by atoms with Crippen molar-refractivity contribution < 1.29 is 9.59 Å². The third-order valence-corrected chi connectivity index (χ3v) is 4.88. The van der Waals surface area contributed by atoms with Gasteiger partial charge in [-0.05, 0) is 55.2 Å². The zero-order valence-corrected chi connectivity index (χ0v) is 17.9. The summed E-state index contributed by atoms with van der Waals surface area (Å²) in [5.41, 5.74) is 15.4. The van der Waals surface area contributed by atoms with Crippen LogP contribution >= 0.6 is 0 Å². The highest BCUT2D eigenvalue weighted by atomic mass is 16.2. The average molecular weight is 406 g/mol. The second kappa shape index (κ2) is 8.02. The molecule has 2 aromatic rings. The predicted octanol–water partition coefficient (Wildman–Crippen LogP) is 3.50. The molecule has 30 heavy (non-hydrogen) atoms. The number of hydrogen-bond donors (Lipinski definition) is 3. The van der Waals surface area contributed by atoms with Crippen molar-refractivity contribution in [2.45, 2.75) is 40.0 Å². The van der Waals surface area contributed by atoms with Crippen LogP contribution in [0.15, 0.2) is 64.9 Å². The normalized spacial score (nSPS) is 15.7. The van der Waals surface area contributed by atoms with Gasteiger partial charge >= 0.3 is 0 Å². The van der Waals surface area contributed by atoms with Crippen LogP contribution in [0, 0.1) is 0 Å². The van der Waals surface area contributed by atoms with Crippen LogP contribution < -0.4 is 21.6 Å². The summed E-state index contributed by atoms with van der Waals surface area (Å²) in [7, 11) is 0. The van der Waals surface area contributed by atoms with Gasteiger partial charge in [-0.3, -0.25) is 15.0 Å². The highest BCUT2D eigenvalue weighted by Crippen LogP contribution is 2.28. The molecule has 0 aliphatic carbocycles. The Hall–Kier alpha value is -3.61. The molecule has 2 amide bonds. The van der Waals surface area contributed by atoms with Gasteiger partial charge in [0, 0.05) is 16.9 Å². The Morgan fingerprint density at radius 3 is 2.33 bits per heavy atom. The molecule has 0 saturated heterocycles. The van der Waals surface area contributed by atoms with Gasteiger partial charge in [-0.15, -0.1) is 0 Å². The number of nitrogens with two attached hydrogens (primary N) is 1. The molecule has 1 aliphatic rings. The van der Waals surface area contributed by atoms with Crippen LogP contribution in [0.25, 0.3) is 0 Å². The first-order valence-corrected chi connectivity index (χ1v) is 9.71. The first-order valence-electron chi connectivity index (χ1n) is 9.71. The number of nitrogens with zero attached hydrogens (tertiary/aromatic N) is 2. The summed E-state index contributed by atoms with van der Waals surface area (Å²) in [5.74, 6) is -0.601. The fourth-order valence-corrected chi connectivity index (χ4v) is 3.18. The highest BCUT2D eigenvalue weighted by molar-refractivity contribution is 6.30. The number of carbonyl (C=O) groups is 2. The molecule has 0 bridgehead atoms. The maximum Gasteiger partial charge on any atom is 0.282 e. The van der Waals surface area contributed by atoms with Crippen molar-refractivity contribution in [2.75, 3.05) is 10.7 Å². The van der Waals surface area contributed by atoms with Gasteiger partial charge in [-0.25, -0.2) is 0 Å². The summed E-state index contributed by atoms with van der Waals surface area (Å²) >= 11 is 0. The first-order chi connectivity index (χ1) is 14.1. The quantitative estimate of drug-likeness (QED) is 0.412. The van der Waals surface area contributed by atoms with Crippen LogP contribution in [-0.4, -0.2) is 17.5 Å². The van der Waals surface area contributed by atoms with E-state index in [9.17, 15) is 9.59 Å². The zero-order chi connectivity index (χ0) is 22.1. The number of benzene rings is 2. The van der Waals surface area contributed by atoms with Crippen molar-refractivity contribution in [3.63, 3.8) is 0 Å².